The number of alkyl halides is 3. The van der Waals surface area contributed by atoms with Gasteiger partial charge in [0.2, 0.25) is 17.7 Å². The van der Waals surface area contributed by atoms with E-state index in [2.05, 4.69) is 11.1 Å². The Morgan fingerprint density at radius 3 is 2.59 bits per heavy atom. The van der Waals surface area contributed by atoms with E-state index in [0.717, 1.165) is 22.4 Å². The maximum Gasteiger partial charge on any atom is 0.417 e. The standard InChI is InChI=1S/C28H22F3N3O5/c1-26-20(35)12-27(39-26,10-11-38-21-9-7-16(14-33-21)28(29,30)31)23-22(26)24(36)34(25(23)37)19-8-6-15-4-2-3-5-17(15)18(19)13-32/h2-9,14,20,22-23,35H,10-12H2,1H3. The summed E-state index contributed by atoms with van der Waals surface area (Å²) >= 11 is 0. The normalized spacial score (nSPS) is 29.6. The molecule has 2 bridgehead atoms. The smallest absolute Gasteiger partial charge is 0.417 e. The van der Waals surface area contributed by atoms with Gasteiger partial charge in [-0.05, 0) is 24.4 Å². The zero-order chi connectivity index (χ0) is 27.7. The Bertz CT molecular complexity index is 1550. The van der Waals surface area contributed by atoms with Gasteiger partial charge in [0.15, 0.2) is 0 Å². The van der Waals surface area contributed by atoms with Gasteiger partial charge in [-0.3, -0.25) is 9.59 Å². The Labute approximate surface area is 220 Å². The van der Waals surface area contributed by atoms with Crippen LogP contribution >= 0.6 is 0 Å². The van der Waals surface area contributed by atoms with Gasteiger partial charge in [0.1, 0.15) is 11.7 Å². The van der Waals surface area contributed by atoms with Crippen LogP contribution in [0.25, 0.3) is 10.8 Å². The van der Waals surface area contributed by atoms with E-state index < -0.39 is 52.7 Å². The SMILES string of the molecule is CC12OC(CCOc3ccc(C(F)(F)F)cn3)(CC1O)C1C(=O)N(c3ccc4ccccc4c3C#N)C(=O)C12. The minimum Gasteiger partial charge on any atom is -0.478 e. The third-order valence-electron chi connectivity index (χ3n) is 8.21. The first-order chi connectivity index (χ1) is 18.5. The number of ether oxygens (including phenoxy) is 2. The summed E-state index contributed by atoms with van der Waals surface area (Å²) in [6, 6.07) is 14.6. The van der Waals surface area contributed by atoms with Gasteiger partial charge in [-0.2, -0.15) is 18.4 Å². The van der Waals surface area contributed by atoms with E-state index in [1.807, 2.05) is 12.1 Å². The molecule has 3 aliphatic rings. The van der Waals surface area contributed by atoms with Crippen LogP contribution < -0.4 is 9.64 Å². The summed E-state index contributed by atoms with van der Waals surface area (Å²) in [6.07, 6.45) is -4.74. The Kier molecular flexibility index (Phi) is 5.51. The van der Waals surface area contributed by atoms with Crippen molar-refractivity contribution in [2.24, 2.45) is 11.8 Å². The number of benzene rings is 2. The fraction of sp³-hybridized carbons (Fsp3) is 0.357. The van der Waals surface area contributed by atoms with Gasteiger partial charge in [0, 0.05) is 30.5 Å². The molecule has 5 unspecified atom stereocenters. The molecule has 2 aromatic carbocycles. The predicted molar refractivity (Wildman–Crippen MR) is 130 cm³/mol. The van der Waals surface area contributed by atoms with Crippen molar-refractivity contribution in [1.29, 1.82) is 5.26 Å². The van der Waals surface area contributed by atoms with Gasteiger partial charge in [0.25, 0.3) is 0 Å². The molecule has 39 heavy (non-hydrogen) atoms. The van der Waals surface area contributed by atoms with Crippen LogP contribution in [0.2, 0.25) is 0 Å². The summed E-state index contributed by atoms with van der Waals surface area (Å²) in [4.78, 5) is 32.4. The maximum atomic E-state index is 13.9. The molecular formula is C28H22F3N3O5. The number of aliphatic hydroxyl groups excluding tert-OH is 1. The summed E-state index contributed by atoms with van der Waals surface area (Å²) < 4.78 is 50.3. The molecule has 1 aromatic heterocycles. The van der Waals surface area contributed by atoms with Crippen LogP contribution in [-0.2, 0) is 20.5 Å². The molecule has 1 N–H and O–H groups in total. The third kappa shape index (κ3) is 3.62. The molecule has 0 saturated carbocycles. The summed E-state index contributed by atoms with van der Waals surface area (Å²) in [7, 11) is 0. The number of rotatable bonds is 5. The van der Waals surface area contributed by atoms with E-state index in [0.29, 0.717) is 11.6 Å². The van der Waals surface area contributed by atoms with Gasteiger partial charge in [-0.1, -0.05) is 30.3 Å². The first-order valence-electron chi connectivity index (χ1n) is 12.3. The second kappa shape index (κ2) is 8.49. The summed E-state index contributed by atoms with van der Waals surface area (Å²) in [5.41, 5.74) is -3.11. The van der Waals surface area contributed by atoms with Gasteiger partial charge in [-0.15, -0.1) is 0 Å². The summed E-state index contributed by atoms with van der Waals surface area (Å²) in [5, 5.41) is 22.2. The van der Waals surface area contributed by atoms with Gasteiger partial charge in [-0.25, -0.2) is 9.88 Å². The van der Waals surface area contributed by atoms with Crippen molar-refractivity contribution in [2.45, 2.75) is 43.2 Å². The maximum absolute atomic E-state index is 13.9. The molecule has 2 amide bonds. The molecule has 3 aromatic rings. The van der Waals surface area contributed by atoms with E-state index in [9.17, 15) is 33.1 Å². The lowest BCUT2D eigenvalue weighted by Crippen LogP contribution is -2.49. The zero-order valence-corrected chi connectivity index (χ0v) is 20.6. The number of hydrogen-bond donors (Lipinski definition) is 1. The van der Waals surface area contributed by atoms with E-state index in [1.54, 1.807) is 31.2 Å². The number of nitriles is 1. The molecule has 3 aliphatic heterocycles. The highest BCUT2D eigenvalue weighted by atomic mass is 19.4. The first kappa shape index (κ1) is 25.3. The second-order valence-electron chi connectivity index (χ2n) is 10.3. The molecule has 3 fully saturated rings. The highest BCUT2D eigenvalue weighted by Crippen LogP contribution is 2.62. The molecule has 0 aliphatic carbocycles. The van der Waals surface area contributed by atoms with Crippen LogP contribution in [0.3, 0.4) is 0 Å². The molecule has 200 valence electrons. The number of carbonyl (C=O) groups excluding carboxylic acids is 2. The van der Waals surface area contributed by atoms with Crippen LogP contribution in [0, 0.1) is 23.2 Å². The number of nitrogens with zero attached hydrogens (tertiary/aromatic N) is 3. The highest BCUT2D eigenvalue weighted by Gasteiger charge is 2.77. The minimum absolute atomic E-state index is 0.0412. The number of pyridine rings is 1. The van der Waals surface area contributed by atoms with E-state index in [-0.39, 0.29) is 36.6 Å². The lowest BCUT2D eigenvalue weighted by molar-refractivity contribution is -0.138. The minimum atomic E-state index is -4.53. The summed E-state index contributed by atoms with van der Waals surface area (Å²) in [6.45, 7) is 1.52. The van der Waals surface area contributed by atoms with Crippen molar-refractivity contribution in [3.8, 4) is 11.9 Å². The lowest BCUT2D eigenvalue weighted by atomic mass is 9.66. The number of aliphatic hydroxyl groups is 1. The van der Waals surface area contributed by atoms with Crippen LogP contribution in [0.4, 0.5) is 18.9 Å². The number of carbonyl (C=O) groups is 2. The zero-order valence-electron chi connectivity index (χ0n) is 20.6. The van der Waals surface area contributed by atoms with Crippen molar-refractivity contribution in [2.75, 3.05) is 11.5 Å². The van der Waals surface area contributed by atoms with Crippen LogP contribution in [-0.4, -0.2) is 45.8 Å². The fourth-order valence-electron chi connectivity index (χ4n) is 6.39. The van der Waals surface area contributed by atoms with Crippen molar-refractivity contribution >= 4 is 28.3 Å². The average molecular weight is 537 g/mol. The number of imide groups is 1. The van der Waals surface area contributed by atoms with E-state index >= 15 is 0 Å². The monoisotopic (exact) mass is 537 g/mol. The molecule has 11 heteroatoms. The van der Waals surface area contributed by atoms with Crippen LogP contribution in [0.5, 0.6) is 5.88 Å². The Balaban J connectivity index is 1.30. The fourth-order valence-corrected chi connectivity index (χ4v) is 6.39. The van der Waals surface area contributed by atoms with Crippen LogP contribution in [0.1, 0.15) is 30.9 Å². The number of fused-ring (bicyclic) bond motifs is 6. The van der Waals surface area contributed by atoms with Crippen LogP contribution in [0.15, 0.2) is 54.7 Å². The molecule has 4 heterocycles. The Morgan fingerprint density at radius 2 is 1.90 bits per heavy atom. The molecule has 6 rings (SSSR count). The van der Waals surface area contributed by atoms with Crippen molar-refractivity contribution < 1.29 is 37.3 Å². The number of anilines is 1. The largest absolute Gasteiger partial charge is 0.478 e. The van der Waals surface area contributed by atoms with Gasteiger partial charge >= 0.3 is 6.18 Å². The number of hydrogen-bond acceptors (Lipinski definition) is 7. The summed E-state index contributed by atoms with van der Waals surface area (Å²) in [5.74, 6) is -3.03. The number of halogens is 3. The number of amides is 2. The molecule has 0 spiro atoms. The topological polar surface area (TPSA) is 113 Å². The average Bonchev–Trinajstić information content (AvgIpc) is 3.44. The van der Waals surface area contributed by atoms with Gasteiger partial charge < -0.3 is 14.6 Å². The van der Waals surface area contributed by atoms with Gasteiger partial charge in [0.05, 0.1) is 47.0 Å². The predicted octanol–water partition coefficient (Wildman–Crippen LogP) is 3.99. The molecule has 8 nitrogen and oxygen atoms in total. The van der Waals surface area contributed by atoms with E-state index in [1.165, 1.54) is 0 Å². The lowest BCUT2D eigenvalue weighted by Gasteiger charge is -2.33. The highest BCUT2D eigenvalue weighted by molar-refractivity contribution is 6.24. The van der Waals surface area contributed by atoms with Crippen molar-refractivity contribution in [1.82, 2.24) is 4.98 Å². The quantitative estimate of drug-likeness (QED) is 0.490. The van der Waals surface area contributed by atoms with E-state index in [4.69, 9.17) is 9.47 Å². The molecule has 5 atom stereocenters. The van der Waals surface area contributed by atoms with Crippen molar-refractivity contribution in [3.63, 3.8) is 0 Å². The molecule has 3 saturated heterocycles. The third-order valence-corrected chi connectivity index (χ3v) is 8.21. The molecular weight excluding hydrogens is 515 g/mol. The first-order valence-corrected chi connectivity index (χ1v) is 12.3. The van der Waals surface area contributed by atoms with Crippen molar-refractivity contribution in [3.05, 3.63) is 65.9 Å². The second-order valence-corrected chi connectivity index (χ2v) is 10.3. The molecule has 0 radical (unpaired) electrons. The Hall–Kier alpha value is -4.01. The number of aromatic nitrogens is 1. The Morgan fingerprint density at radius 1 is 1.15 bits per heavy atom.